The zero-order valence-corrected chi connectivity index (χ0v) is 11.9. The van der Waals surface area contributed by atoms with Crippen molar-refractivity contribution < 1.29 is 22.8 Å². The van der Waals surface area contributed by atoms with Crippen LogP contribution in [0.1, 0.15) is 24.0 Å². The van der Waals surface area contributed by atoms with Gasteiger partial charge in [0.2, 0.25) is 11.8 Å². The second-order valence-corrected chi connectivity index (χ2v) is 5.46. The Kier molecular flexibility index (Phi) is 4.73. The van der Waals surface area contributed by atoms with Gasteiger partial charge < -0.3 is 10.6 Å². The maximum atomic E-state index is 12.7. The molecular formula is C15H17F3N2O2. The Balaban J connectivity index is 2.04. The van der Waals surface area contributed by atoms with E-state index in [9.17, 15) is 22.8 Å². The fourth-order valence-corrected chi connectivity index (χ4v) is 2.58. The second kappa shape index (κ2) is 6.37. The standard InChI is InChI=1S/C15H17F3N2O2/c16-15(17,18)12-5-1-3-10(7-12)8-13(21)20-6-2-4-11(9-20)14(19)22/h1,3,5,7,11H,2,4,6,8-9H2,(H2,19,22)/t11-/m1/s1. The van der Waals surface area contributed by atoms with E-state index in [1.54, 1.807) is 0 Å². The van der Waals surface area contributed by atoms with Gasteiger partial charge in [-0.1, -0.05) is 18.2 Å². The second-order valence-electron chi connectivity index (χ2n) is 5.46. The van der Waals surface area contributed by atoms with Crippen LogP contribution in [-0.2, 0) is 22.2 Å². The number of hydrogen-bond donors (Lipinski definition) is 1. The van der Waals surface area contributed by atoms with Gasteiger partial charge in [0.1, 0.15) is 0 Å². The quantitative estimate of drug-likeness (QED) is 0.927. The molecule has 2 amide bonds. The Morgan fingerprint density at radius 2 is 2.05 bits per heavy atom. The fraction of sp³-hybridized carbons (Fsp3) is 0.467. The molecular weight excluding hydrogens is 297 g/mol. The van der Waals surface area contributed by atoms with Crippen molar-refractivity contribution >= 4 is 11.8 Å². The number of piperidine rings is 1. The van der Waals surface area contributed by atoms with Gasteiger partial charge in [-0.05, 0) is 24.5 Å². The van der Waals surface area contributed by atoms with Crippen molar-refractivity contribution in [2.75, 3.05) is 13.1 Å². The number of amides is 2. The molecule has 1 atom stereocenters. The van der Waals surface area contributed by atoms with Crippen LogP contribution in [0.4, 0.5) is 13.2 Å². The minimum atomic E-state index is -4.43. The summed E-state index contributed by atoms with van der Waals surface area (Å²) in [5.74, 6) is -1.11. The van der Waals surface area contributed by atoms with E-state index in [0.29, 0.717) is 24.9 Å². The highest BCUT2D eigenvalue weighted by atomic mass is 19.4. The summed E-state index contributed by atoms with van der Waals surface area (Å²) < 4.78 is 38.0. The lowest BCUT2D eigenvalue weighted by molar-refractivity contribution is -0.138. The number of hydrogen-bond acceptors (Lipinski definition) is 2. The Labute approximate surface area is 126 Å². The van der Waals surface area contributed by atoms with Crippen molar-refractivity contribution in [1.82, 2.24) is 4.90 Å². The van der Waals surface area contributed by atoms with Gasteiger partial charge in [0.15, 0.2) is 0 Å². The lowest BCUT2D eigenvalue weighted by Crippen LogP contribution is -2.44. The van der Waals surface area contributed by atoms with Crippen molar-refractivity contribution in [3.8, 4) is 0 Å². The van der Waals surface area contributed by atoms with E-state index in [1.807, 2.05) is 0 Å². The van der Waals surface area contributed by atoms with E-state index in [4.69, 9.17) is 5.73 Å². The fourth-order valence-electron chi connectivity index (χ4n) is 2.58. The van der Waals surface area contributed by atoms with Crippen molar-refractivity contribution in [3.63, 3.8) is 0 Å². The van der Waals surface area contributed by atoms with Crippen molar-refractivity contribution in [2.24, 2.45) is 11.7 Å². The Morgan fingerprint density at radius 3 is 2.68 bits per heavy atom. The lowest BCUT2D eigenvalue weighted by Gasteiger charge is -2.31. The zero-order chi connectivity index (χ0) is 16.3. The number of alkyl halides is 3. The van der Waals surface area contributed by atoms with Crippen LogP contribution in [0.15, 0.2) is 24.3 Å². The molecule has 0 aromatic heterocycles. The number of benzene rings is 1. The molecule has 7 heteroatoms. The van der Waals surface area contributed by atoms with Gasteiger partial charge in [-0.25, -0.2) is 0 Å². The molecule has 0 radical (unpaired) electrons. The third-order valence-corrected chi connectivity index (χ3v) is 3.79. The molecule has 1 aromatic carbocycles. The number of nitrogens with two attached hydrogens (primary N) is 1. The average molecular weight is 314 g/mol. The summed E-state index contributed by atoms with van der Waals surface area (Å²) in [7, 11) is 0. The van der Waals surface area contributed by atoms with Crippen LogP contribution < -0.4 is 5.73 Å². The zero-order valence-electron chi connectivity index (χ0n) is 11.9. The van der Waals surface area contributed by atoms with Crippen LogP contribution in [0.5, 0.6) is 0 Å². The Hall–Kier alpha value is -2.05. The minimum Gasteiger partial charge on any atom is -0.369 e. The molecule has 1 aliphatic heterocycles. The molecule has 4 nitrogen and oxygen atoms in total. The van der Waals surface area contributed by atoms with Gasteiger partial charge in [-0.2, -0.15) is 13.2 Å². The van der Waals surface area contributed by atoms with Gasteiger partial charge in [0.25, 0.3) is 0 Å². The average Bonchev–Trinajstić information content (AvgIpc) is 2.46. The molecule has 22 heavy (non-hydrogen) atoms. The SMILES string of the molecule is NC(=O)[C@@H]1CCCN(C(=O)Cc2cccc(C(F)(F)F)c2)C1. The summed E-state index contributed by atoms with van der Waals surface area (Å²) in [5.41, 5.74) is 4.78. The summed E-state index contributed by atoms with van der Waals surface area (Å²) in [6.07, 6.45) is -3.23. The minimum absolute atomic E-state index is 0.116. The van der Waals surface area contributed by atoms with Crippen molar-refractivity contribution in [2.45, 2.75) is 25.4 Å². The lowest BCUT2D eigenvalue weighted by atomic mass is 9.97. The molecule has 0 spiro atoms. The molecule has 1 aromatic rings. The predicted molar refractivity (Wildman–Crippen MR) is 73.6 cm³/mol. The van der Waals surface area contributed by atoms with E-state index in [-0.39, 0.29) is 24.8 Å². The first-order chi connectivity index (χ1) is 10.3. The van der Waals surface area contributed by atoms with Gasteiger partial charge in [-0.15, -0.1) is 0 Å². The molecule has 1 aliphatic rings. The summed E-state index contributed by atoms with van der Waals surface area (Å²) >= 11 is 0. The first-order valence-electron chi connectivity index (χ1n) is 7.00. The summed E-state index contributed by atoms with van der Waals surface area (Å²) in [5, 5.41) is 0. The Morgan fingerprint density at radius 1 is 1.32 bits per heavy atom. The van der Waals surface area contributed by atoms with E-state index in [2.05, 4.69) is 0 Å². The van der Waals surface area contributed by atoms with Crippen LogP contribution in [-0.4, -0.2) is 29.8 Å². The highest BCUT2D eigenvalue weighted by Crippen LogP contribution is 2.29. The highest BCUT2D eigenvalue weighted by Gasteiger charge is 2.31. The molecule has 0 aliphatic carbocycles. The Bertz CT molecular complexity index is 572. The molecule has 1 saturated heterocycles. The summed E-state index contributed by atoms with van der Waals surface area (Å²) in [6, 6.07) is 4.72. The van der Waals surface area contributed by atoms with Gasteiger partial charge in [0.05, 0.1) is 17.9 Å². The molecule has 120 valence electrons. The van der Waals surface area contributed by atoms with E-state index < -0.39 is 17.6 Å². The monoisotopic (exact) mass is 314 g/mol. The van der Waals surface area contributed by atoms with Crippen LogP contribution in [0.25, 0.3) is 0 Å². The first kappa shape index (κ1) is 16.3. The van der Waals surface area contributed by atoms with Crippen molar-refractivity contribution in [3.05, 3.63) is 35.4 Å². The van der Waals surface area contributed by atoms with E-state index in [0.717, 1.165) is 12.1 Å². The normalized spacial score (nSPS) is 19.0. The molecule has 1 fully saturated rings. The number of likely N-dealkylation sites (tertiary alicyclic amines) is 1. The molecule has 2 N–H and O–H groups in total. The number of nitrogens with zero attached hydrogens (tertiary/aromatic N) is 1. The van der Waals surface area contributed by atoms with Crippen LogP contribution in [0, 0.1) is 5.92 Å². The molecule has 0 unspecified atom stereocenters. The van der Waals surface area contributed by atoms with Crippen LogP contribution in [0.2, 0.25) is 0 Å². The van der Waals surface area contributed by atoms with E-state index >= 15 is 0 Å². The van der Waals surface area contributed by atoms with Crippen LogP contribution in [0.3, 0.4) is 0 Å². The smallest absolute Gasteiger partial charge is 0.369 e. The number of primary amides is 1. The van der Waals surface area contributed by atoms with Crippen LogP contribution >= 0.6 is 0 Å². The summed E-state index contributed by atoms with van der Waals surface area (Å²) in [6.45, 7) is 0.745. The molecule has 2 rings (SSSR count). The molecule has 1 heterocycles. The van der Waals surface area contributed by atoms with Gasteiger partial charge in [0, 0.05) is 13.1 Å². The number of carbonyl (C=O) groups is 2. The number of rotatable bonds is 3. The highest BCUT2D eigenvalue weighted by molar-refractivity contribution is 5.81. The van der Waals surface area contributed by atoms with E-state index in [1.165, 1.54) is 17.0 Å². The molecule has 0 saturated carbocycles. The maximum absolute atomic E-state index is 12.7. The van der Waals surface area contributed by atoms with Gasteiger partial charge >= 0.3 is 6.18 Å². The third-order valence-electron chi connectivity index (χ3n) is 3.79. The third kappa shape index (κ3) is 3.99. The topological polar surface area (TPSA) is 63.4 Å². The van der Waals surface area contributed by atoms with Crippen molar-refractivity contribution in [1.29, 1.82) is 0 Å². The predicted octanol–water partition coefficient (Wildman–Crippen LogP) is 1.97. The first-order valence-corrected chi connectivity index (χ1v) is 7.00. The largest absolute Gasteiger partial charge is 0.416 e. The summed E-state index contributed by atoms with van der Waals surface area (Å²) in [4.78, 5) is 24.9. The maximum Gasteiger partial charge on any atom is 0.416 e. The van der Waals surface area contributed by atoms with Gasteiger partial charge in [-0.3, -0.25) is 9.59 Å². The molecule has 0 bridgehead atoms. The number of halogens is 3. The number of carbonyl (C=O) groups excluding carboxylic acids is 2.